The van der Waals surface area contributed by atoms with E-state index < -0.39 is 5.82 Å². The van der Waals surface area contributed by atoms with Crippen LogP contribution in [-0.4, -0.2) is 62.5 Å². The van der Waals surface area contributed by atoms with Crippen LogP contribution in [0.25, 0.3) is 16.6 Å². The molecule has 4 heterocycles. The number of benzene rings is 1. The van der Waals surface area contributed by atoms with Crippen LogP contribution in [0.15, 0.2) is 36.8 Å². The Morgan fingerprint density at radius 3 is 2.97 bits per heavy atom. The van der Waals surface area contributed by atoms with Crippen molar-refractivity contribution in [2.24, 2.45) is 7.05 Å². The number of carbonyl (C=O) groups is 1. The smallest absolute Gasteiger partial charge is 0.257 e. The predicted octanol–water partition coefficient (Wildman–Crippen LogP) is 2.08. The Morgan fingerprint density at radius 1 is 1.30 bits per heavy atom. The van der Waals surface area contributed by atoms with Gasteiger partial charge >= 0.3 is 0 Å². The summed E-state index contributed by atoms with van der Waals surface area (Å²) >= 11 is 0. The third kappa shape index (κ3) is 4.03. The molecule has 0 aliphatic carbocycles. The van der Waals surface area contributed by atoms with E-state index in [4.69, 9.17) is 5.11 Å². The van der Waals surface area contributed by atoms with Crippen molar-refractivity contribution in [2.75, 3.05) is 36.5 Å². The van der Waals surface area contributed by atoms with E-state index in [9.17, 15) is 9.18 Å². The number of aliphatic hydroxyl groups is 1. The van der Waals surface area contributed by atoms with Gasteiger partial charge in [-0.05, 0) is 25.5 Å². The molecule has 9 nitrogen and oxygen atoms in total. The second-order valence-corrected chi connectivity index (χ2v) is 8.45. The van der Waals surface area contributed by atoms with Gasteiger partial charge in [0.1, 0.15) is 5.52 Å². The van der Waals surface area contributed by atoms with Crippen LogP contribution in [0.3, 0.4) is 0 Å². The highest BCUT2D eigenvalue weighted by atomic mass is 19.1. The first-order chi connectivity index (χ1) is 15.9. The van der Waals surface area contributed by atoms with Crippen LogP contribution in [0.4, 0.5) is 15.8 Å². The maximum atomic E-state index is 14.4. The Labute approximate surface area is 189 Å². The fourth-order valence-corrected chi connectivity index (χ4v) is 4.53. The summed E-state index contributed by atoms with van der Waals surface area (Å²) in [5, 5.41) is 20.6. The van der Waals surface area contributed by atoms with E-state index >= 15 is 0 Å². The van der Waals surface area contributed by atoms with Crippen LogP contribution < -0.4 is 15.5 Å². The third-order valence-electron chi connectivity index (χ3n) is 5.97. The lowest BCUT2D eigenvalue weighted by molar-refractivity contribution is 0.102. The van der Waals surface area contributed by atoms with Gasteiger partial charge in [0.05, 0.1) is 23.6 Å². The molecule has 0 unspecified atom stereocenters. The van der Waals surface area contributed by atoms with Gasteiger partial charge in [-0.15, -0.1) is 0 Å². The predicted molar refractivity (Wildman–Crippen MR) is 124 cm³/mol. The summed E-state index contributed by atoms with van der Waals surface area (Å²) in [6, 6.07) is 5.29. The van der Waals surface area contributed by atoms with E-state index in [1.54, 1.807) is 34.5 Å². The number of carbonyl (C=O) groups excluding carboxylic acids is 1. The van der Waals surface area contributed by atoms with Gasteiger partial charge in [0.15, 0.2) is 11.5 Å². The van der Waals surface area contributed by atoms with Gasteiger partial charge in [0, 0.05) is 68.5 Å². The van der Waals surface area contributed by atoms with Gasteiger partial charge in [-0.3, -0.25) is 9.48 Å². The first-order valence-electron chi connectivity index (χ1n) is 10.9. The van der Waals surface area contributed by atoms with E-state index in [1.165, 1.54) is 6.07 Å². The van der Waals surface area contributed by atoms with E-state index in [1.807, 2.05) is 19.3 Å². The van der Waals surface area contributed by atoms with Gasteiger partial charge in [-0.1, -0.05) is 0 Å². The first-order valence-corrected chi connectivity index (χ1v) is 10.9. The van der Waals surface area contributed by atoms with Gasteiger partial charge in [-0.25, -0.2) is 9.37 Å². The molecule has 0 saturated carbocycles. The average molecular weight is 452 g/mol. The van der Waals surface area contributed by atoms with Crippen molar-refractivity contribution in [1.82, 2.24) is 24.5 Å². The molecule has 1 fully saturated rings. The molecular weight excluding hydrogens is 425 g/mol. The SMILES string of the molecule is Cc1cn2cc(NC(=O)c3ccc(N4CC[C@H](NCCO)C4)c4cn(C)nc34)cc(F)c2n1. The van der Waals surface area contributed by atoms with E-state index in [-0.39, 0.29) is 18.2 Å². The molecule has 1 aliphatic rings. The zero-order valence-corrected chi connectivity index (χ0v) is 18.5. The number of aromatic nitrogens is 4. The molecule has 1 aromatic carbocycles. The largest absolute Gasteiger partial charge is 0.395 e. The number of fused-ring (bicyclic) bond motifs is 2. The van der Waals surface area contributed by atoms with Crippen LogP contribution in [0.1, 0.15) is 22.5 Å². The number of hydrogen-bond donors (Lipinski definition) is 3. The molecule has 172 valence electrons. The Balaban J connectivity index is 1.43. The second kappa shape index (κ2) is 8.45. The van der Waals surface area contributed by atoms with Crippen LogP contribution in [0.2, 0.25) is 0 Å². The van der Waals surface area contributed by atoms with Crippen LogP contribution in [-0.2, 0) is 7.05 Å². The summed E-state index contributed by atoms with van der Waals surface area (Å²) in [5.74, 6) is -0.859. The standard InChI is InChI=1S/C23H26FN7O2/c1-14-10-31-12-16(9-19(24)22(31)26-14)27-23(33)17-3-4-20(18-13-29(2)28-21(17)18)30-7-5-15(11-30)25-6-8-32/h3-4,9-10,12-13,15,25,32H,5-8,11H2,1-2H3,(H,27,33)/t15-/m0/s1. The quantitative estimate of drug-likeness (QED) is 0.415. The number of halogens is 1. The van der Waals surface area contributed by atoms with Crippen molar-refractivity contribution in [3.63, 3.8) is 0 Å². The number of amides is 1. The number of aryl methyl sites for hydroxylation is 2. The van der Waals surface area contributed by atoms with Crippen LogP contribution >= 0.6 is 0 Å². The van der Waals surface area contributed by atoms with Crippen molar-refractivity contribution in [3.8, 4) is 0 Å². The molecule has 1 aliphatic heterocycles. The van der Waals surface area contributed by atoms with Crippen molar-refractivity contribution in [1.29, 1.82) is 0 Å². The molecule has 1 atom stereocenters. The molecule has 0 bridgehead atoms. The number of nitrogens with zero attached hydrogens (tertiary/aromatic N) is 5. The number of anilines is 2. The third-order valence-corrected chi connectivity index (χ3v) is 5.97. The van der Waals surface area contributed by atoms with Crippen LogP contribution in [0.5, 0.6) is 0 Å². The summed E-state index contributed by atoms with van der Waals surface area (Å²) in [5.41, 5.74) is 3.29. The van der Waals surface area contributed by atoms with Gasteiger partial charge < -0.3 is 25.0 Å². The summed E-state index contributed by atoms with van der Waals surface area (Å²) < 4.78 is 17.7. The maximum absolute atomic E-state index is 14.4. The van der Waals surface area contributed by atoms with E-state index in [2.05, 4.69) is 25.6 Å². The number of nitrogens with one attached hydrogen (secondary N) is 2. The zero-order chi connectivity index (χ0) is 23.1. The minimum atomic E-state index is -0.502. The topological polar surface area (TPSA) is 99.7 Å². The Kier molecular flexibility index (Phi) is 5.47. The maximum Gasteiger partial charge on any atom is 0.257 e. The Bertz CT molecular complexity index is 1350. The lowest BCUT2D eigenvalue weighted by Gasteiger charge is -2.20. The molecule has 5 rings (SSSR count). The van der Waals surface area contributed by atoms with Crippen LogP contribution in [0, 0.1) is 12.7 Å². The minimum Gasteiger partial charge on any atom is -0.395 e. The normalized spacial score (nSPS) is 16.2. The summed E-state index contributed by atoms with van der Waals surface area (Å²) in [7, 11) is 1.83. The lowest BCUT2D eigenvalue weighted by Crippen LogP contribution is -2.34. The molecule has 33 heavy (non-hydrogen) atoms. The van der Waals surface area contributed by atoms with Crippen molar-refractivity contribution < 1.29 is 14.3 Å². The minimum absolute atomic E-state index is 0.116. The molecule has 3 aromatic heterocycles. The van der Waals surface area contributed by atoms with Gasteiger partial charge in [-0.2, -0.15) is 5.10 Å². The van der Waals surface area contributed by atoms with Crippen molar-refractivity contribution in [2.45, 2.75) is 19.4 Å². The van der Waals surface area contributed by atoms with Gasteiger partial charge in [0.25, 0.3) is 5.91 Å². The number of hydrogen-bond acceptors (Lipinski definition) is 6. The molecule has 0 spiro atoms. The van der Waals surface area contributed by atoms with Crippen molar-refractivity contribution in [3.05, 3.63) is 53.9 Å². The zero-order valence-electron chi connectivity index (χ0n) is 18.5. The molecule has 3 N–H and O–H groups in total. The molecule has 0 radical (unpaired) electrons. The fourth-order valence-electron chi connectivity index (χ4n) is 4.53. The van der Waals surface area contributed by atoms with Gasteiger partial charge in [0.2, 0.25) is 0 Å². The Morgan fingerprint density at radius 2 is 2.15 bits per heavy atom. The highest BCUT2D eigenvalue weighted by Crippen LogP contribution is 2.31. The van der Waals surface area contributed by atoms with Crippen molar-refractivity contribution >= 4 is 33.8 Å². The average Bonchev–Trinajstić information content (AvgIpc) is 3.48. The van der Waals surface area contributed by atoms with E-state index in [0.717, 1.165) is 30.6 Å². The highest BCUT2D eigenvalue weighted by Gasteiger charge is 2.25. The lowest BCUT2D eigenvalue weighted by atomic mass is 10.1. The fraction of sp³-hybridized carbons (Fsp3) is 0.348. The number of rotatable bonds is 6. The highest BCUT2D eigenvalue weighted by molar-refractivity contribution is 6.13. The molecule has 1 saturated heterocycles. The number of imidazole rings is 1. The summed E-state index contributed by atoms with van der Waals surface area (Å²) in [6.07, 6.45) is 6.24. The summed E-state index contributed by atoms with van der Waals surface area (Å²) in [4.78, 5) is 19.6. The monoisotopic (exact) mass is 451 g/mol. The first kappa shape index (κ1) is 21.4. The summed E-state index contributed by atoms with van der Waals surface area (Å²) in [6.45, 7) is 4.17. The Hall–Kier alpha value is -3.50. The molecular formula is C23H26FN7O2. The van der Waals surface area contributed by atoms with E-state index in [0.29, 0.717) is 35.0 Å². The molecule has 4 aromatic rings. The second-order valence-electron chi connectivity index (χ2n) is 8.45. The number of aliphatic hydroxyl groups excluding tert-OH is 1. The molecule has 10 heteroatoms. The number of pyridine rings is 1. The molecule has 1 amide bonds.